The van der Waals surface area contributed by atoms with Gasteiger partial charge in [-0.3, -0.25) is 0 Å². The molecule has 0 saturated carbocycles. The van der Waals surface area contributed by atoms with E-state index in [1.807, 2.05) is 31.2 Å². The molecule has 134 valence electrons. The van der Waals surface area contributed by atoms with Gasteiger partial charge in [0.1, 0.15) is 11.3 Å². The first-order chi connectivity index (χ1) is 11.9. The van der Waals surface area contributed by atoms with Gasteiger partial charge in [0, 0.05) is 0 Å². The Labute approximate surface area is 147 Å². The molecule has 1 unspecified atom stereocenters. The average Bonchev–Trinajstić information content (AvgIpc) is 2.55. The summed E-state index contributed by atoms with van der Waals surface area (Å²) < 4.78 is 15.7. The van der Waals surface area contributed by atoms with Crippen molar-refractivity contribution in [3.05, 3.63) is 58.2 Å². The molecule has 25 heavy (non-hydrogen) atoms. The van der Waals surface area contributed by atoms with Gasteiger partial charge in [0.15, 0.2) is 0 Å². The summed E-state index contributed by atoms with van der Waals surface area (Å²) in [6.45, 7) is 7.40. The molecule has 6 nitrogen and oxygen atoms in total. The molecule has 1 atom stereocenters. The van der Waals surface area contributed by atoms with E-state index in [0.717, 1.165) is 11.1 Å². The van der Waals surface area contributed by atoms with Gasteiger partial charge in [-0.1, -0.05) is 29.8 Å². The number of benzene rings is 1. The highest BCUT2D eigenvalue weighted by Gasteiger charge is 2.39. The van der Waals surface area contributed by atoms with E-state index < -0.39 is 17.9 Å². The maximum Gasteiger partial charge on any atom is 0.340 e. The zero-order chi connectivity index (χ0) is 18.6. The molecule has 0 bridgehead atoms. The molecular formula is C19H23NO5. The minimum atomic E-state index is -0.701. The minimum absolute atomic E-state index is 0.0606. The Kier molecular flexibility index (Phi) is 5.85. The number of hydrogen-bond donors (Lipinski definition) is 1. The van der Waals surface area contributed by atoms with E-state index in [9.17, 15) is 9.59 Å². The second-order valence-electron chi connectivity index (χ2n) is 5.63. The van der Waals surface area contributed by atoms with Gasteiger partial charge in [-0.15, -0.1) is 0 Å². The molecular weight excluding hydrogens is 322 g/mol. The number of ether oxygens (including phenoxy) is 3. The van der Waals surface area contributed by atoms with Crippen molar-refractivity contribution in [1.29, 1.82) is 0 Å². The molecule has 2 N–H and O–H groups in total. The third-order valence-corrected chi connectivity index (χ3v) is 3.89. The number of carbonyl (C=O) groups is 2. The van der Waals surface area contributed by atoms with Crippen LogP contribution in [-0.2, 0) is 23.8 Å². The van der Waals surface area contributed by atoms with E-state index in [2.05, 4.69) is 0 Å². The Balaban J connectivity index is 2.61. The lowest BCUT2D eigenvalue weighted by molar-refractivity contribution is -0.140. The van der Waals surface area contributed by atoms with Crippen LogP contribution in [0.25, 0.3) is 0 Å². The molecule has 1 aliphatic heterocycles. The van der Waals surface area contributed by atoms with E-state index >= 15 is 0 Å². The van der Waals surface area contributed by atoms with Crippen molar-refractivity contribution < 1.29 is 23.8 Å². The molecule has 0 saturated heterocycles. The van der Waals surface area contributed by atoms with Crippen LogP contribution in [-0.4, -0.2) is 25.2 Å². The summed E-state index contributed by atoms with van der Waals surface area (Å²) in [4.78, 5) is 25.0. The summed E-state index contributed by atoms with van der Waals surface area (Å²) >= 11 is 0. The largest absolute Gasteiger partial charge is 0.463 e. The molecule has 0 amide bonds. The topological polar surface area (TPSA) is 87.9 Å². The summed E-state index contributed by atoms with van der Waals surface area (Å²) in [6.07, 6.45) is 0. The molecule has 2 rings (SSSR count). The van der Waals surface area contributed by atoms with Crippen LogP contribution >= 0.6 is 0 Å². The van der Waals surface area contributed by atoms with Gasteiger partial charge >= 0.3 is 11.9 Å². The molecule has 0 aliphatic carbocycles. The molecule has 6 heteroatoms. The Morgan fingerprint density at radius 1 is 1.00 bits per heavy atom. The molecule has 0 aromatic heterocycles. The fourth-order valence-electron chi connectivity index (χ4n) is 2.75. The second-order valence-corrected chi connectivity index (χ2v) is 5.63. The number of hydrogen-bond acceptors (Lipinski definition) is 6. The van der Waals surface area contributed by atoms with Crippen molar-refractivity contribution in [1.82, 2.24) is 0 Å². The third kappa shape index (κ3) is 3.84. The van der Waals surface area contributed by atoms with Crippen molar-refractivity contribution in [3.63, 3.8) is 0 Å². The van der Waals surface area contributed by atoms with E-state index in [1.165, 1.54) is 0 Å². The number of carbonyl (C=O) groups excluding carboxylic acids is 2. The lowest BCUT2D eigenvalue weighted by Crippen LogP contribution is -2.30. The van der Waals surface area contributed by atoms with Gasteiger partial charge in [-0.2, -0.15) is 0 Å². The Morgan fingerprint density at radius 3 is 2.04 bits per heavy atom. The van der Waals surface area contributed by atoms with Crippen molar-refractivity contribution in [2.24, 2.45) is 5.73 Å². The Bertz CT molecular complexity index is 691. The number of allylic oxidation sites excluding steroid dienone is 1. The van der Waals surface area contributed by atoms with Gasteiger partial charge in [-0.25, -0.2) is 9.59 Å². The monoisotopic (exact) mass is 345 g/mol. The SMILES string of the molecule is CCOC(=O)C1=C(C)OC(N)=C(C(=O)OCC)C1c1ccc(C)cc1. The van der Waals surface area contributed by atoms with Crippen LogP contribution < -0.4 is 5.73 Å². The number of rotatable bonds is 5. The first-order valence-corrected chi connectivity index (χ1v) is 8.19. The van der Waals surface area contributed by atoms with Crippen molar-refractivity contribution >= 4 is 11.9 Å². The summed E-state index contributed by atoms with van der Waals surface area (Å²) in [6, 6.07) is 7.51. The lowest BCUT2D eigenvalue weighted by atomic mass is 9.82. The third-order valence-electron chi connectivity index (χ3n) is 3.89. The van der Waals surface area contributed by atoms with Crippen molar-refractivity contribution in [2.75, 3.05) is 13.2 Å². The number of esters is 2. The standard InChI is InChI=1S/C19H23NO5/c1-5-23-18(21)14-12(4)25-17(20)16(19(22)24-6-2)15(14)13-9-7-11(3)8-10-13/h7-10,15H,5-6,20H2,1-4H3. The predicted molar refractivity (Wildman–Crippen MR) is 92.2 cm³/mol. The summed E-state index contributed by atoms with van der Waals surface area (Å²) in [7, 11) is 0. The normalized spacial score (nSPS) is 17.2. The summed E-state index contributed by atoms with van der Waals surface area (Å²) in [5, 5.41) is 0. The van der Waals surface area contributed by atoms with E-state index in [4.69, 9.17) is 19.9 Å². The van der Waals surface area contributed by atoms with E-state index in [0.29, 0.717) is 5.76 Å². The molecule has 1 aromatic carbocycles. The molecule has 0 radical (unpaired) electrons. The van der Waals surface area contributed by atoms with Gasteiger partial charge in [0.05, 0.1) is 24.7 Å². The van der Waals surface area contributed by atoms with Crippen LogP contribution in [0.15, 0.2) is 47.1 Å². The highest BCUT2D eigenvalue weighted by molar-refractivity contribution is 5.99. The minimum Gasteiger partial charge on any atom is -0.463 e. The fraction of sp³-hybridized carbons (Fsp3) is 0.368. The maximum absolute atomic E-state index is 12.5. The van der Waals surface area contributed by atoms with Crippen LogP contribution in [0.4, 0.5) is 0 Å². The maximum atomic E-state index is 12.5. The highest BCUT2D eigenvalue weighted by atomic mass is 16.5. The van der Waals surface area contributed by atoms with Crippen LogP contribution in [0.5, 0.6) is 0 Å². The quantitative estimate of drug-likeness (QED) is 0.826. The lowest BCUT2D eigenvalue weighted by Gasteiger charge is -2.28. The van der Waals surface area contributed by atoms with Gasteiger partial charge in [0.25, 0.3) is 0 Å². The molecule has 1 heterocycles. The summed E-state index contributed by atoms with van der Waals surface area (Å²) in [5.41, 5.74) is 8.13. The highest BCUT2D eigenvalue weighted by Crippen LogP contribution is 2.40. The van der Waals surface area contributed by atoms with Crippen LogP contribution in [0, 0.1) is 6.92 Å². The zero-order valence-electron chi connectivity index (χ0n) is 14.9. The average molecular weight is 345 g/mol. The van der Waals surface area contributed by atoms with Crippen LogP contribution in [0.2, 0.25) is 0 Å². The summed E-state index contributed by atoms with van der Waals surface area (Å²) in [5.74, 6) is -1.60. The Hall–Kier alpha value is -2.76. The van der Waals surface area contributed by atoms with E-state index in [1.54, 1.807) is 20.8 Å². The number of aryl methyl sites for hydroxylation is 1. The van der Waals surface area contributed by atoms with Gasteiger partial charge < -0.3 is 19.9 Å². The van der Waals surface area contributed by atoms with Crippen LogP contribution in [0.1, 0.15) is 37.8 Å². The first-order valence-electron chi connectivity index (χ1n) is 8.19. The van der Waals surface area contributed by atoms with Crippen molar-refractivity contribution in [2.45, 2.75) is 33.6 Å². The number of nitrogens with two attached hydrogens (primary N) is 1. The predicted octanol–water partition coefficient (Wildman–Crippen LogP) is 2.68. The molecule has 1 aromatic rings. The van der Waals surface area contributed by atoms with Gasteiger partial charge in [0.2, 0.25) is 5.88 Å². The molecule has 0 fully saturated rings. The van der Waals surface area contributed by atoms with Crippen LogP contribution in [0.3, 0.4) is 0 Å². The Morgan fingerprint density at radius 2 is 1.52 bits per heavy atom. The van der Waals surface area contributed by atoms with Crippen molar-refractivity contribution in [3.8, 4) is 0 Å². The molecule has 0 spiro atoms. The zero-order valence-corrected chi connectivity index (χ0v) is 14.9. The van der Waals surface area contributed by atoms with E-state index in [-0.39, 0.29) is 30.2 Å². The molecule has 1 aliphatic rings. The second kappa shape index (κ2) is 7.88. The van der Waals surface area contributed by atoms with Gasteiger partial charge in [-0.05, 0) is 33.3 Å². The fourth-order valence-corrected chi connectivity index (χ4v) is 2.75. The smallest absolute Gasteiger partial charge is 0.340 e. The first kappa shape index (κ1) is 18.6.